The van der Waals surface area contributed by atoms with Crippen molar-refractivity contribution in [3.05, 3.63) is 42.0 Å². The Morgan fingerprint density at radius 2 is 1.75 bits per heavy atom. The Bertz CT molecular complexity index is 785. The monoisotopic (exact) mass is 322 g/mol. The van der Waals surface area contributed by atoms with Crippen LogP contribution in [0, 0.1) is 29.6 Å². The number of oxime groups is 1. The molecular weight excluding hydrogens is 304 g/mol. The second kappa shape index (κ2) is 4.79. The molecule has 2 bridgehead atoms. The Kier molecular flexibility index (Phi) is 2.78. The van der Waals surface area contributed by atoms with Crippen molar-refractivity contribution in [3.8, 4) is 0 Å². The van der Waals surface area contributed by atoms with Crippen LogP contribution in [0.3, 0.4) is 0 Å². The highest BCUT2D eigenvalue weighted by Gasteiger charge is 2.69. The van der Waals surface area contributed by atoms with Gasteiger partial charge in [-0.3, -0.25) is 14.5 Å². The van der Waals surface area contributed by atoms with Crippen LogP contribution >= 0.6 is 0 Å². The zero-order valence-corrected chi connectivity index (χ0v) is 13.3. The van der Waals surface area contributed by atoms with E-state index in [1.54, 1.807) is 7.05 Å². The summed E-state index contributed by atoms with van der Waals surface area (Å²) in [5.74, 6) is 0.0135. The second-order valence-electron chi connectivity index (χ2n) is 7.21. The zero-order valence-electron chi connectivity index (χ0n) is 13.3. The molecule has 24 heavy (non-hydrogen) atoms. The molecule has 0 unspecified atom stereocenters. The summed E-state index contributed by atoms with van der Waals surface area (Å²) in [5.41, 5.74) is 2.01. The molecule has 6 atom stereocenters. The highest BCUT2D eigenvalue weighted by Crippen LogP contribution is 2.61. The van der Waals surface area contributed by atoms with Crippen molar-refractivity contribution < 1.29 is 14.4 Å². The molecule has 122 valence electrons. The first-order chi connectivity index (χ1) is 11.7. The summed E-state index contributed by atoms with van der Waals surface area (Å²) in [7, 11) is 1.60. The Hall–Kier alpha value is -2.43. The predicted molar refractivity (Wildman–Crippen MR) is 87.6 cm³/mol. The van der Waals surface area contributed by atoms with Gasteiger partial charge in [-0.05, 0) is 24.0 Å². The molecule has 2 amide bonds. The SMILES string of the molecule is CN1C(=O)[C@@H]2[C@@H]3C[C@@H]([C@H]4ON=C(/C=C/c5ccccc5)[C@@H]34)[C@@H]2C1=O. The van der Waals surface area contributed by atoms with E-state index in [1.165, 1.54) is 4.90 Å². The molecule has 0 radical (unpaired) electrons. The van der Waals surface area contributed by atoms with E-state index in [-0.39, 0.29) is 47.5 Å². The first kappa shape index (κ1) is 14.0. The van der Waals surface area contributed by atoms with E-state index in [0.717, 1.165) is 17.7 Å². The average Bonchev–Trinajstić information content (AvgIpc) is 3.32. The third-order valence-corrected chi connectivity index (χ3v) is 6.19. The number of hydrogen-bond donors (Lipinski definition) is 0. The van der Waals surface area contributed by atoms with Crippen LogP contribution < -0.4 is 0 Å². The third kappa shape index (κ3) is 1.67. The van der Waals surface area contributed by atoms with E-state index in [2.05, 4.69) is 5.16 Å². The highest BCUT2D eigenvalue weighted by atomic mass is 16.6. The molecule has 0 aromatic heterocycles. The van der Waals surface area contributed by atoms with Crippen LogP contribution in [0.2, 0.25) is 0 Å². The summed E-state index contributed by atoms with van der Waals surface area (Å²) in [4.78, 5) is 31.8. The lowest BCUT2D eigenvalue weighted by Crippen LogP contribution is -2.40. The fraction of sp³-hybridized carbons (Fsp3) is 0.421. The van der Waals surface area contributed by atoms with Gasteiger partial charge in [0.2, 0.25) is 11.8 Å². The number of nitrogens with zero attached hydrogens (tertiary/aromatic N) is 2. The Morgan fingerprint density at radius 1 is 1.04 bits per heavy atom. The second-order valence-corrected chi connectivity index (χ2v) is 7.21. The maximum Gasteiger partial charge on any atom is 0.233 e. The highest BCUT2D eigenvalue weighted by molar-refractivity contribution is 6.08. The molecule has 2 aliphatic carbocycles. The van der Waals surface area contributed by atoms with Crippen molar-refractivity contribution in [1.29, 1.82) is 0 Å². The molecular formula is C19H18N2O3. The van der Waals surface area contributed by atoms with Crippen LogP contribution in [0.15, 0.2) is 41.6 Å². The van der Waals surface area contributed by atoms with E-state index < -0.39 is 0 Å². The largest absolute Gasteiger partial charge is 0.391 e. The summed E-state index contributed by atoms with van der Waals surface area (Å²) in [6.45, 7) is 0. The van der Waals surface area contributed by atoms with Gasteiger partial charge in [-0.2, -0.15) is 0 Å². The molecule has 1 saturated heterocycles. The molecule has 1 aromatic rings. The lowest BCUT2D eigenvalue weighted by Gasteiger charge is -2.29. The maximum atomic E-state index is 12.5. The van der Waals surface area contributed by atoms with E-state index in [4.69, 9.17) is 4.84 Å². The quantitative estimate of drug-likeness (QED) is 0.782. The first-order valence-corrected chi connectivity index (χ1v) is 8.45. The number of amides is 2. The van der Waals surface area contributed by atoms with E-state index in [0.29, 0.717) is 0 Å². The van der Waals surface area contributed by atoms with E-state index >= 15 is 0 Å². The number of hydrogen-bond acceptors (Lipinski definition) is 4. The summed E-state index contributed by atoms with van der Waals surface area (Å²) in [6.07, 6.45) is 4.88. The van der Waals surface area contributed by atoms with Crippen molar-refractivity contribution in [2.45, 2.75) is 12.5 Å². The molecule has 2 saturated carbocycles. The van der Waals surface area contributed by atoms with Gasteiger partial charge >= 0.3 is 0 Å². The summed E-state index contributed by atoms with van der Waals surface area (Å²) >= 11 is 0. The van der Waals surface area contributed by atoms with Gasteiger partial charge in [-0.1, -0.05) is 41.6 Å². The molecule has 0 N–H and O–H groups in total. The van der Waals surface area contributed by atoms with Crippen molar-refractivity contribution in [3.63, 3.8) is 0 Å². The van der Waals surface area contributed by atoms with Gasteiger partial charge in [0.1, 0.15) is 6.10 Å². The lowest BCUT2D eigenvalue weighted by molar-refractivity contribution is -0.139. The molecule has 1 aromatic carbocycles. The molecule has 3 fully saturated rings. The molecule has 2 heterocycles. The lowest BCUT2D eigenvalue weighted by atomic mass is 9.72. The summed E-state index contributed by atoms with van der Waals surface area (Å²) < 4.78 is 0. The van der Waals surface area contributed by atoms with Crippen LogP contribution in [-0.2, 0) is 14.4 Å². The molecule has 5 nitrogen and oxygen atoms in total. The van der Waals surface area contributed by atoms with Crippen LogP contribution in [0.25, 0.3) is 6.08 Å². The minimum Gasteiger partial charge on any atom is -0.391 e. The standard InChI is InChI=1S/C19H18N2O3/c1-21-18(22)15-11-9-12(16(15)19(21)23)17-14(11)13(20-24-17)8-7-10-5-3-2-4-6-10/h2-8,11-12,14-17H,9H2,1H3/b8-7+/t11-,12-,14-,15-,16+,17-/m1/s1. The van der Waals surface area contributed by atoms with Gasteiger partial charge in [-0.25, -0.2) is 0 Å². The van der Waals surface area contributed by atoms with Crippen LogP contribution in [-0.4, -0.2) is 35.6 Å². The van der Waals surface area contributed by atoms with Crippen LogP contribution in [0.5, 0.6) is 0 Å². The zero-order chi connectivity index (χ0) is 16.4. The predicted octanol–water partition coefficient (Wildman–Crippen LogP) is 1.95. The topological polar surface area (TPSA) is 59.0 Å². The Morgan fingerprint density at radius 3 is 2.50 bits per heavy atom. The number of carbonyl (C=O) groups is 2. The number of imide groups is 1. The Labute approximate surface area is 140 Å². The Balaban J connectivity index is 1.43. The fourth-order valence-corrected chi connectivity index (χ4v) is 5.19. The molecule has 2 aliphatic heterocycles. The normalized spacial score (nSPS) is 39.4. The van der Waals surface area contributed by atoms with Crippen molar-refractivity contribution >= 4 is 23.6 Å². The number of allylic oxidation sites excluding steroid dienone is 1. The van der Waals surface area contributed by atoms with Gasteiger partial charge in [0, 0.05) is 18.9 Å². The summed E-state index contributed by atoms with van der Waals surface area (Å²) in [5, 5.41) is 4.27. The summed E-state index contributed by atoms with van der Waals surface area (Å²) in [6, 6.07) is 10.1. The van der Waals surface area contributed by atoms with Crippen molar-refractivity contribution in [2.24, 2.45) is 34.7 Å². The first-order valence-electron chi connectivity index (χ1n) is 8.45. The van der Waals surface area contributed by atoms with Crippen LogP contribution in [0.1, 0.15) is 12.0 Å². The van der Waals surface area contributed by atoms with Crippen molar-refractivity contribution in [1.82, 2.24) is 4.90 Å². The van der Waals surface area contributed by atoms with E-state index in [9.17, 15) is 9.59 Å². The fourth-order valence-electron chi connectivity index (χ4n) is 5.19. The third-order valence-electron chi connectivity index (χ3n) is 6.19. The van der Waals surface area contributed by atoms with Gasteiger partial charge in [-0.15, -0.1) is 0 Å². The maximum absolute atomic E-state index is 12.5. The minimum atomic E-state index is -0.193. The van der Waals surface area contributed by atoms with Gasteiger partial charge in [0.15, 0.2) is 0 Å². The molecule has 5 heteroatoms. The number of benzene rings is 1. The van der Waals surface area contributed by atoms with Crippen molar-refractivity contribution in [2.75, 3.05) is 7.05 Å². The van der Waals surface area contributed by atoms with E-state index in [1.807, 2.05) is 42.5 Å². The van der Waals surface area contributed by atoms with Gasteiger partial charge in [0.05, 0.1) is 17.5 Å². The molecule has 5 rings (SSSR count). The van der Waals surface area contributed by atoms with Gasteiger partial charge < -0.3 is 4.84 Å². The number of rotatable bonds is 2. The van der Waals surface area contributed by atoms with Crippen LogP contribution in [0.4, 0.5) is 0 Å². The smallest absolute Gasteiger partial charge is 0.233 e. The molecule has 4 aliphatic rings. The molecule has 0 spiro atoms. The van der Waals surface area contributed by atoms with Gasteiger partial charge in [0.25, 0.3) is 0 Å². The number of carbonyl (C=O) groups excluding carboxylic acids is 2. The number of likely N-dealkylation sites (tertiary alicyclic amines) is 1. The average molecular weight is 322 g/mol. The number of fused-ring (bicyclic) bond motifs is 8. The minimum absolute atomic E-state index is 0.0192.